The van der Waals surface area contributed by atoms with Gasteiger partial charge in [-0.3, -0.25) is 4.79 Å². The van der Waals surface area contributed by atoms with Crippen LogP contribution in [0.1, 0.15) is 41.3 Å². The zero-order chi connectivity index (χ0) is 22.0. The first-order valence-electron chi connectivity index (χ1n) is 10.7. The molecule has 2 heterocycles. The van der Waals surface area contributed by atoms with Crippen molar-refractivity contribution >= 4 is 15.9 Å². The summed E-state index contributed by atoms with van der Waals surface area (Å²) in [6.45, 7) is 4.73. The van der Waals surface area contributed by atoms with E-state index in [-0.39, 0.29) is 28.5 Å². The summed E-state index contributed by atoms with van der Waals surface area (Å²) in [4.78, 5) is 15.4. The number of nitrogens with two attached hydrogens (primary N) is 1. The van der Waals surface area contributed by atoms with E-state index in [2.05, 4.69) is 34.5 Å². The number of hydrogen-bond acceptors (Lipinski definition) is 5. The van der Waals surface area contributed by atoms with Crippen LogP contribution in [0.3, 0.4) is 0 Å². The van der Waals surface area contributed by atoms with Crippen molar-refractivity contribution < 1.29 is 17.9 Å². The van der Waals surface area contributed by atoms with Crippen LogP contribution in [0.5, 0.6) is 5.75 Å². The molecule has 2 aliphatic rings. The van der Waals surface area contributed by atoms with Crippen LogP contribution in [-0.2, 0) is 22.9 Å². The Balaban J connectivity index is 1.38. The van der Waals surface area contributed by atoms with E-state index in [0.717, 1.165) is 38.9 Å². The minimum absolute atomic E-state index is 0.0492. The Morgan fingerprint density at radius 3 is 2.58 bits per heavy atom. The molecule has 0 radical (unpaired) electrons. The summed E-state index contributed by atoms with van der Waals surface area (Å²) in [5.41, 5.74) is 2.29. The second-order valence-electron chi connectivity index (χ2n) is 8.46. The number of sulfonamides is 1. The van der Waals surface area contributed by atoms with Gasteiger partial charge in [-0.1, -0.05) is 30.3 Å². The smallest absolute Gasteiger partial charge is 0.255 e. The quantitative estimate of drug-likeness (QED) is 0.712. The maximum Gasteiger partial charge on any atom is 0.255 e. The number of rotatable bonds is 6. The first-order chi connectivity index (χ1) is 14.8. The summed E-state index contributed by atoms with van der Waals surface area (Å²) >= 11 is 0. The molecule has 2 aromatic carbocycles. The van der Waals surface area contributed by atoms with E-state index in [9.17, 15) is 13.2 Å². The Morgan fingerprint density at radius 1 is 1.19 bits per heavy atom. The van der Waals surface area contributed by atoms with E-state index in [4.69, 9.17) is 9.88 Å². The molecule has 31 heavy (non-hydrogen) atoms. The third-order valence-corrected chi connectivity index (χ3v) is 6.91. The van der Waals surface area contributed by atoms with E-state index in [1.54, 1.807) is 0 Å². The van der Waals surface area contributed by atoms with E-state index in [1.807, 2.05) is 13.0 Å². The Morgan fingerprint density at radius 2 is 1.90 bits per heavy atom. The molecule has 0 spiro atoms. The number of carbonyl (C=O) groups is 1. The van der Waals surface area contributed by atoms with Crippen molar-refractivity contribution in [2.75, 3.05) is 19.6 Å². The monoisotopic (exact) mass is 443 g/mol. The van der Waals surface area contributed by atoms with Gasteiger partial charge in [0.15, 0.2) is 0 Å². The number of carbonyl (C=O) groups excluding carboxylic acids is 1. The van der Waals surface area contributed by atoms with Crippen LogP contribution in [0.2, 0.25) is 0 Å². The number of nitrogens with one attached hydrogen (secondary N) is 1. The van der Waals surface area contributed by atoms with Crippen LogP contribution in [-0.4, -0.2) is 51.0 Å². The summed E-state index contributed by atoms with van der Waals surface area (Å²) in [7, 11) is -3.91. The van der Waals surface area contributed by atoms with E-state index in [0.29, 0.717) is 17.7 Å². The van der Waals surface area contributed by atoms with E-state index in [1.165, 1.54) is 17.7 Å². The van der Waals surface area contributed by atoms with Gasteiger partial charge in [-0.15, -0.1) is 0 Å². The zero-order valence-corrected chi connectivity index (χ0v) is 18.5. The summed E-state index contributed by atoms with van der Waals surface area (Å²) in [6, 6.07) is 13.3. The van der Waals surface area contributed by atoms with Gasteiger partial charge in [0, 0.05) is 32.1 Å². The number of fused-ring (bicyclic) bond motifs is 1. The van der Waals surface area contributed by atoms with Gasteiger partial charge in [-0.25, -0.2) is 13.6 Å². The van der Waals surface area contributed by atoms with Gasteiger partial charge in [-0.05, 0) is 49.4 Å². The molecule has 0 saturated carbocycles. The van der Waals surface area contributed by atoms with Gasteiger partial charge in [0.2, 0.25) is 10.0 Å². The first kappa shape index (κ1) is 21.8. The van der Waals surface area contributed by atoms with Gasteiger partial charge in [0.1, 0.15) is 11.9 Å². The summed E-state index contributed by atoms with van der Waals surface area (Å²) in [5.74, 6) is 0.163. The van der Waals surface area contributed by atoms with Crippen molar-refractivity contribution in [2.45, 2.75) is 49.6 Å². The maximum absolute atomic E-state index is 13.0. The SMILES string of the molecule is CC1Cc2cc(S(N)(=O)=O)cc(C(=O)NC3CCN(CCc4ccccc4)CC3)c2O1. The molecule has 1 unspecified atom stereocenters. The van der Waals surface area contributed by atoms with E-state index < -0.39 is 10.0 Å². The molecule has 2 aliphatic heterocycles. The zero-order valence-electron chi connectivity index (χ0n) is 17.7. The number of likely N-dealkylation sites (tertiary alicyclic amines) is 1. The summed E-state index contributed by atoms with van der Waals surface area (Å²) < 4.78 is 29.6. The highest BCUT2D eigenvalue weighted by Gasteiger charge is 2.29. The molecule has 7 nitrogen and oxygen atoms in total. The normalized spacial score (nSPS) is 19.6. The first-order valence-corrected chi connectivity index (χ1v) is 12.3. The van der Waals surface area contributed by atoms with Crippen molar-refractivity contribution in [3.8, 4) is 5.75 Å². The highest BCUT2D eigenvalue weighted by atomic mass is 32.2. The van der Waals surface area contributed by atoms with Crippen LogP contribution >= 0.6 is 0 Å². The average Bonchev–Trinajstić information content (AvgIpc) is 3.12. The Hall–Kier alpha value is -2.42. The second kappa shape index (κ2) is 8.98. The third-order valence-electron chi connectivity index (χ3n) is 6.02. The Kier molecular flexibility index (Phi) is 6.31. The average molecular weight is 444 g/mol. The number of benzene rings is 2. The molecule has 1 atom stereocenters. The predicted octanol–water partition coefficient (Wildman–Crippen LogP) is 2.09. The molecule has 1 amide bonds. The van der Waals surface area contributed by atoms with Crippen LogP contribution in [0.4, 0.5) is 0 Å². The fourth-order valence-corrected chi connectivity index (χ4v) is 4.92. The third kappa shape index (κ3) is 5.26. The molecule has 0 aliphatic carbocycles. The maximum atomic E-state index is 13.0. The molecule has 2 aromatic rings. The molecule has 8 heteroatoms. The fraction of sp³-hybridized carbons (Fsp3) is 0.435. The summed E-state index contributed by atoms with van der Waals surface area (Å²) in [5, 5.41) is 8.39. The molecule has 0 aromatic heterocycles. The van der Waals surface area contributed by atoms with Gasteiger partial charge in [-0.2, -0.15) is 0 Å². The fourth-order valence-electron chi connectivity index (χ4n) is 4.33. The molecule has 4 rings (SSSR count). The van der Waals surface area contributed by atoms with Gasteiger partial charge in [0.05, 0.1) is 10.5 Å². The van der Waals surface area contributed by atoms with Crippen LogP contribution < -0.4 is 15.2 Å². The molecule has 1 saturated heterocycles. The number of nitrogens with zero attached hydrogens (tertiary/aromatic N) is 1. The van der Waals surface area contributed by atoms with Crippen molar-refractivity contribution in [1.29, 1.82) is 0 Å². The minimum Gasteiger partial charge on any atom is -0.489 e. The number of ether oxygens (including phenoxy) is 1. The lowest BCUT2D eigenvalue weighted by atomic mass is 10.0. The van der Waals surface area contributed by atoms with Crippen LogP contribution in [0.15, 0.2) is 47.4 Å². The molecule has 3 N–H and O–H groups in total. The number of amides is 1. The minimum atomic E-state index is -3.91. The molecule has 0 bridgehead atoms. The van der Waals surface area contributed by atoms with Gasteiger partial charge >= 0.3 is 0 Å². The molecule has 1 fully saturated rings. The van der Waals surface area contributed by atoms with Gasteiger partial charge < -0.3 is 15.0 Å². The number of hydrogen-bond donors (Lipinski definition) is 2. The lowest BCUT2D eigenvalue weighted by molar-refractivity contribution is 0.0906. The number of piperidine rings is 1. The van der Waals surface area contributed by atoms with Crippen molar-refractivity contribution in [3.05, 3.63) is 59.2 Å². The molecular formula is C23H29N3O4S. The largest absolute Gasteiger partial charge is 0.489 e. The van der Waals surface area contributed by atoms with Crippen molar-refractivity contribution in [3.63, 3.8) is 0 Å². The highest BCUT2D eigenvalue weighted by Crippen LogP contribution is 2.35. The lowest BCUT2D eigenvalue weighted by Crippen LogP contribution is -2.45. The molecule has 166 valence electrons. The predicted molar refractivity (Wildman–Crippen MR) is 119 cm³/mol. The second-order valence-corrected chi connectivity index (χ2v) is 10.0. The lowest BCUT2D eigenvalue weighted by Gasteiger charge is -2.32. The van der Waals surface area contributed by atoms with Crippen molar-refractivity contribution in [2.24, 2.45) is 5.14 Å². The highest BCUT2D eigenvalue weighted by molar-refractivity contribution is 7.89. The standard InChI is InChI=1S/C23H29N3O4S/c1-16-13-18-14-20(31(24,28)29)15-21(22(18)30-16)23(27)25-19-8-11-26(12-9-19)10-7-17-5-3-2-4-6-17/h2-6,14-16,19H,7-13H2,1H3,(H,25,27)(H2,24,28,29). The topological polar surface area (TPSA) is 102 Å². The molecular weight excluding hydrogens is 414 g/mol. The summed E-state index contributed by atoms with van der Waals surface area (Å²) in [6.07, 6.45) is 3.17. The van der Waals surface area contributed by atoms with Crippen LogP contribution in [0, 0.1) is 0 Å². The number of primary sulfonamides is 1. The van der Waals surface area contributed by atoms with Crippen LogP contribution in [0.25, 0.3) is 0 Å². The Labute approximate surface area is 183 Å². The Bertz CT molecular complexity index is 1050. The van der Waals surface area contributed by atoms with E-state index >= 15 is 0 Å². The van der Waals surface area contributed by atoms with Crippen molar-refractivity contribution in [1.82, 2.24) is 10.2 Å². The van der Waals surface area contributed by atoms with Gasteiger partial charge in [0.25, 0.3) is 5.91 Å².